The van der Waals surface area contributed by atoms with Gasteiger partial charge < -0.3 is 11.5 Å². The zero-order chi connectivity index (χ0) is 7.56. The molecular weight excluding hydrogens is 150 g/mol. The zero-order valence-corrected chi connectivity index (χ0v) is 6.10. The molecule has 0 aromatic carbocycles. The number of nitrogen functional groups attached to an aromatic ring is 1. The van der Waals surface area contributed by atoms with E-state index in [2.05, 4.69) is 4.98 Å². The summed E-state index contributed by atoms with van der Waals surface area (Å²) in [5, 5.41) is 0.461. The van der Waals surface area contributed by atoms with Crippen LogP contribution >= 0.6 is 11.6 Å². The highest BCUT2D eigenvalue weighted by Crippen LogP contribution is 2.19. The molecule has 4 N–H and O–H groups in total. The Balaban J connectivity index is 3.14. The molecule has 0 spiro atoms. The molecule has 1 aromatic heterocycles. The Morgan fingerprint density at radius 2 is 2.20 bits per heavy atom. The molecule has 0 atom stereocenters. The van der Waals surface area contributed by atoms with Crippen molar-refractivity contribution < 1.29 is 0 Å². The van der Waals surface area contributed by atoms with Gasteiger partial charge in [0.15, 0.2) is 0 Å². The molecule has 0 radical (unpaired) electrons. The molecule has 0 unspecified atom stereocenters. The first-order valence-electron chi connectivity index (χ1n) is 2.83. The number of rotatable bonds is 1. The number of hydrogen-bond donors (Lipinski definition) is 2. The summed E-state index contributed by atoms with van der Waals surface area (Å²) in [5.41, 5.74) is 12.2. The van der Waals surface area contributed by atoms with Crippen molar-refractivity contribution >= 4 is 17.3 Å². The van der Waals surface area contributed by atoms with Crippen LogP contribution in [0.1, 0.15) is 5.56 Å². The number of nitrogens with two attached hydrogens (primary N) is 2. The van der Waals surface area contributed by atoms with Crippen LogP contribution in [0.2, 0.25) is 5.02 Å². The summed E-state index contributed by atoms with van der Waals surface area (Å²) >= 11 is 5.65. The SMILES string of the molecule is NCc1cncc(Cl)c1N. The van der Waals surface area contributed by atoms with Gasteiger partial charge >= 0.3 is 0 Å². The smallest absolute Gasteiger partial charge is 0.0821 e. The van der Waals surface area contributed by atoms with Crippen LogP contribution in [0.3, 0.4) is 0 Å². The lowest BCUT2D eigenvalue weighted by molar-refractivity contribution is 1.05. The van der Waals surface area contributed by atoms with Crippen molar-refractivity contribution in [3.63, 3.8) is 0 Å². The van der Waals surface area contributed by atoms with Crippen molar-refractivity contribution in [3.05, 3.63) is 23.0 Å². The third-order valence-electron chi connectivity index (χ3n) is 1.24. The minimum absolute atomic E-state index is 0.374. The summed E-state index contributed by atoms with van der Waals surface area (Å²) in [5.74, 6) is 0. The second kappa shape index (κ2) is 2.86. The van der Waals surface area contributed by atoms with Gasteiger partial charge in [0, 0.05) is 24.5 Å². The van der Waals surface area contributed by atoms with Gasteiger partial charge in [-0.1, -0.05) is 11.6 Å². The minimum atomic E-state index is 0.374. The van der Waals surface area contributed by atoms with E-state index >= 15 is 0 Å². The second-order valence-electron chi connectivity index (χ2n) is 1.90. The number of anilines is 1. The number of pyridine rings is 1. The van der Waals surface area contributed by atoms with E-state index in [1.165, 1.54) is 6.20 Å². The average molecular weight is 158 g/mol. The molecule has 54 valence electrons. The van der Waals surface area contributed by atoms with Crippen LogP contribution in [-0.2, 0) is 6.54 Å². The lowest BCUT2D eigenvalue weighted by Gasteiger charge is -2.01. The van der Waals surface area contributed by atoms with E-state index in [1.54, 1.807) is 6.20 Å². The van der Waals surface area contributed by atoms with Gasteiger partial charge in [0.1, 0.15) is 0 Å². The standard InChI is InChI=1S/C6H8ClN3/c7-5-3-10-2-4(1-8)6(5)9/h2-3H,1,8H2,(H2,9,10). The fourth-order valence-corrected chi connectivity index (χ4v) is 0.826. The largest absolute Gasteiger partial charge is 0.397 e. The van der Waals surface area contributed by atoms with Crippen molar-refractivity contribution in [1.82, 2.24) is 4.98 Å². The van der Waals surface area contributed by atoms with Crippen molar-refractivity contribution in [2.75, 3.05) is 5.73 Å². The average Bonchev–Trinajstić information content (AvgIpc) is 1.95. The number of aromatic nitrogens is 1. The first-order chi connectivity index (χ1) is 4.75. The summed E-state index contributed by atoms with van der Waals surface area (Å²) in [7, 11) is 0. The summed E-state index contributed by atoms with van der Waals surface area (Å²) in [6.07, 6.45) is 3.11. The van der Waals surface area contributed by atoms with Crippen LogP contribution in [-0.4, -0.2) is 4.98 Å². The first-order valence-corrected chi connectivity index (χ1v) is 3.21. The van der Waals surface area contributed by atoms with E-state index in [1.807, 2.05) is 0 Å². The molecule has 0 saturated carbocycles. The summed E-state index contributed by atoms with van der Waals surface area (Å²) < 4.78 is 0. The Morgan fingerprint density at radius 3 is 2.70 bits per heavy atom. The van der Waals surface area contributed by atoms with Gasteiger partial charge in [-0.15, -0.1) is 0 Å². The molecule has 0 aliphatic rings. The minimum Gasteiger partial charge on any atom is -0.397 e. The lowest BCUT2D eigenvalue weighted by atomic mass is 10.2. The molecule has 3 nitrogen and oxygen atoms in total. The van der Waals surface area contributed by atoms with Crippen LogP contribution in [0.4, 0.5) is 5.69 Å². The van der Waals surface area contributed by atoms with E-state index in [9.17, 15) is 0 Å². The van der Waals surface area contributed by atoms with E-state index in [0.29, 0.717) is 17.3 Å². The maximum Gasteiger partial charge on any atom is 0.0821 e. The molecule has 1 aromatic rings. The van der Waals surface area contributed by atoms with Crippen LogP contribution in [0.25, 0.3) is 0 Å². The monoisotopic (exact) mass is 157 g/mol. The van der Waals surface area contributed by atoms with Crippen molar-refractivity contribution in [1.29, 1.82) is 0 Å². The molecule has 1 heterocycles. The van der Waals surface area contributed by atoms with Gasteiger partial charge in [0.25, 0.3) is 0 Å². The van der Waals surface area contributed by atoms with E-state index < -0.39 is 0 Å². The summed E-state index contributed by atoms with van der Waals surface area (Å²) in [6.45, 7) is 0.374. The number of nitrogens with zero attached hydrogens (tertiary/aromatic N) is 1. The maximum absolute atomic E-state index is 5.65. The van der Waals surface area contributed by atoms with Crippen LogP contribution < -0.4 is 11.5 Å². The van der Waals surface area contributed by atoms with Crippen LogP contribution in [0, 0.1) is 0 Å². The Labute approximate surface area is 64.0 Å². The van der Waals surface area contributed by atoms with Crippen molar-refractivity contribution in [2.45, 2.75) is 6.54 Å². The quantitative estimate of drug-likeness (QED) is 0.633. The first kappa shape index (κ1) is 7.31. The third-order valence-corrected chi connectivity index (χ3v) is 1.54. The molecule has 0 aliphatic carbocycles. The fraction of sp³-hybridized carbons (Fsp3) is 0.167. The van der Waals surface area contributed by atoms with Crippen LogP contribution in [0.15, 0.2) is 12.4 Å². The normalized spacial score (nSPS) is 9.80. The van der Waals surface area contributed by atoms with Gasteiger partial charge in [-0.25, -0.2) is 0 Å². The van der Waals surface area contributed by atoms with Gasteiger partial charge in [0.2, 0.25) is 0 Å². The Bertz CT molecular complexity index is 236. The van der Waals surface area contributed by atoms with Gasteiger partial charge in [-0.05, 0) is 0 Å². The molecule has 0 saturated heterocycles. The van der Waals surface area contributed by atoms with Crippen molar-refractivity contribution in [2.24, 2.45) is 5.73 Å². The highest BCUT2D eigenvalue weighted by Gasteiger charge is 1.99. The van der Waals surface area contributed by atoms with E-state index in [4.69, 9.17) is 23.1 Å². The lowest BCUT2D eigenvalue weighted by Crippen LogP contribution is -2.02. The number of hydrogen-bond acceptors (Lipinski definition) is 3. The molecule has 0 amide bonds. The Hall–Kier alpha value is -0.800. The zero-order valence-electron chi connectivity index (χ0n) is 5.34. The van der Waals surface area contributed by atoms with E-state index in [-0.39, 0.29) is 0 Å². The molecule has 4 heteroatoms. The summed E-state index contributed by atoms with van der Waals surface area (Å²) in [4.78, 5) is 3.82. The molecule has 1 rings (SSSR count). The van der Waals surface area contributed by atoms with Gasteiger partial charge in [-0.3, -0.25) is 4.98 Å². The topological polar surface area (TPSA) is 64.9 Å². The second-order valence-corrected chi connectivity index (χ2v) is 2.31. The predicted octanol–water partition coefficient (Wildman–Crippen LogP) is 0.776. The van der Waals surface area contributed by atoms with Gasteiger partial charge in [-0.2, -0.15) is 0 Å². The summed E-state index contributed by atoms with van der Waals surface area (Å²) in [6, 6.07) is 0. The van der Waals surface area contributed by atoms with Crippen molar-refractivity contribution in [3.8, 4) is 0 Å². The predicted molar refractivity (Wildman–Crippen MR) is 41.6 cm³/mol. The Morgan fingerprint density at radius 1 is 1.50 bits per heavy atom. The molecule has 0 aliphatic heterocycles. The highest BCUT2D eigenvalue weighted by atomic mass is 35.5. The van der Waals surface area contributed by atoms with Crippen LogP contribution in [0.5, 0.6) is 0 Å². The third kappa shape index (κ3) is 1.20. The highest BCUT2D eigenvalue weighted by molar-refractivity contribution is 6.33. The molecule has 10 heavy (non-hydrogen) atoms. The van der Waals surface area contributed by atoms with E-state index in [0.717, 1.165) is 5.56 Å². The maximum atomic E-state index is 5.65. The molecular formula is C6H8ClN3. The van der Waals surface area contributed by atoms with Gasteiger partial charge in [0.05, 0.1) is 10.7 Å². The molecule has 0 fully saturated rings. The number of halogens is 1. The fourth-order valence-electron chi connectivity index (χ4n) is 0.648. The molecule has 0 bridgehead atoms. The Kier molecular flexibility index (Phi) is 2.09.